The fourth-order valence-electron chi connectivity index (χ4n) is 3.89. The summed E-state index contributed by atoms with van der Waals surface area (Å²) in [5.41, 5.74) is 6.92. The van der Waals surface area contributed by atoms with E-state index in [1.807, 2.05) is 6.07 Å². The van der Waals surface area contributed by atoms with Gasteiger partial charge in [0.25, 0.3) is 0 Å². The minimum atomic E-state index is -4.48. The van der Waals surface area contributed by atoms with Crippen LogP contribution in [0.4, 0.5) is 13.2 Å². The van der Waals surface area contributed by atoms with Crippen LogP contribution in [0, 0.1) is 0 Å². The summed E-state index contributed by atoms with van der Waals surface area (Å²) in [6.45, 7) is -0.00215. The minimum Gasteiger partial charge on any atom is -0.496 e. The van der Waals surface area contributed by atoms with E-state index in [1.165, 1.54) is 25.5 Å². The SMILES string of the molecule is COc1ccc(CC(C(=O)OCc2ccccc2)S(C)=O)c(C(N)=O)c1Cc1ccc(C(F)(F)F)cc1. The molecular weight excluding hydrogens is 507 g/mol. The zero-order chi connectivity index (χ0) is 27.2. The van der Waals surface area contributed by atoms with Crippen LogP contribution < -0.4 is 10.5 Å². The lowest BCUT2D eigenvalue weighted by molar-refractivity contribution is -0.144. The summed E-state index contributed by atoms with van der Waals surface area (Å²) in [6, 6.07) is 16.7. The van der Waals surface area contributed by atoms with Crippen LogP contribution in [-0.2, 0) is 46.0 Å². The van der Waals surface area contributed by atoms with E-state index in [0.29, 0.717) is 22.4 Å². The lowest BCUT2D eigenvalue weighted by Crippen LogP contribution is -2.31. The number of halogens is 3. The summed E-state index contributed by atoms with van der Waals surface area (Å²) in [4.78, 5) is 25.4. The van der Waals surface area contributed by atoms with Crippen molar-refractivity contribution in [1.29, 1.82) is 0 Å². The van der Waals surface area contributed by atoms with Gasteiger partial charge >= 0.3 is 12.1 Å². The molecule has 3 aromatic carbocycles. The Morgan fingerprint density at radius 3 is 2.16 bits per heavy atom. The Morgan fingerprint density at radius 2 is 1.62 bits per heavy atom. The fraction of sp³-hybridized carbons (Fsp3) is 0.259. The summed E-state index contributed by atoms with van der Waals surface area (Å²) >= 11 is 0. The molecule has 0 radical (unpaired) electrons. The summed E-state index contributed by atoms with van der Waals surface area (Å²) < 4.78 is 62.1. The van der Waals surface area contributed by atoms with Gasteiger partial charge in [-0.15, -0.1) is 0 Å². The van der Waals surface area contributed by atoms with Crippen molar-refractivity contribution in [2.24, 2.45) is 5.73 Å². The van der Waals surface area contributed by atoms with E-state index in [2.05, 4.69) is 0 Å². The topological polar surface area (TPSA) is 95.7 Å². The number of primary amides is 1. The molecule has 0 aliphatic carbocycles. The van der Waals surface area contributed by atoms with E-state index in [9.17, 15) is 27.0 Å². The molecule has 0 spiro atoms. The molecule has 0 bridgehead atoms. The summed E-state index contributed by atoms with van der Waals surface area (Å²) in [5, 5.41) is -1.07. The Kier molecular flexibility index (Phi) is 9.09. The van der Waals surface area contributed by atoms with Crippen molar-refractivity contribution < 1.29 is 36.4 Å². The van der Waals surface area contributed by atoms with Crippen molar-refractivity contribution in [3.63, 3.8) is 0 Å². The number of esters is 1. The maximum atomic E-state index is 12.9. The second kappa shape index (κ2) is 12.1. The van der Waals surface area contributed by atoms with E-state index in [1.54, 1.807) is 36.4 Å². The van der Waals surface area contributed by atoms with Gasteiger partial charge in [-0.05, 0) is 41.3 Å². The molecule has 37 heavy (non-hydrogen) atoms. The molecule has 0 aromatic heterocycles. The first-order chi connectivity index (χ1) is 17.5. The number of methoxy groups -OCH3 is 1. The molecule has 2 atom stereocenters. The monoisotopic (exact) mass is 533 g/mol. The van der Waals surface area contributed by atoms with E-state index in [-0.39, 0.29) is 25.0 Å². The second-order valence-electron chi connectivity index (χ2n) is 8.30. The predicted octanol–water partition coefficient (Wildman–Crippen LogP) is 4.44. The van der Waals surface area contributed by atoms with Crippen LogP contribution in [0.25, 0.3) is 0 Å². The van der Waals surface area contributed by atoms with Crippen molar-refractivity contribution in [2.45, 2.75) is 30.9 Å². The number of ether oxygens (including phenoxy) is 2. The fourth-order valence-corrected chi connectivity index (χ4v) is 4.65. The molecule has 6 nitrogen and oxygen atoms in total. The van der Waals surface area contributed by atoms with Gasteiger partial charge < -0.3 is 15.2 Å². The minimum absolute atomic E-state index is 0.00215. The number of carbonyl (C=O) groups excluding carboxylic acids is 2. The van der Waals surface area contributed by atoms with E-state index in [0.717, 1.165) is 17.7 Å². The number of carbonyl (C=O) groups is 2. The Morgan fingerprint density at radius 1 is 0.973 bits per heavy atom. The largest absolute Gasteiger partial charge is 0.496 e. The van der Waals surface area contributed by atoms with Crippen molar-refractivity contribution >= 4 is 22.7 Å². The molecule has 0 saturated heterocycles. The maximum Gasteiger partial charge on any atom is 0.416 e. The van der Waals surface area contributed by atoms with E-state index < -0.39 is 39.7 Å². The van der Waals surface area contributed by atoms with Gasteiger partial charge in [-0.1, -0.05) is 48.5 Å². The number of amides is 1. The van der Waals surface area contributed by atoms with E-state index in [4.69, 9.17) is 15.2 Å². The molecule has 0 aliphatic rings. The standard InChI is InChI=1S/C27H26F3NO5S/c1-35-22-13-10-19(15-23(37(2)34)26(33)36-16-18-6-4-3-5-7-18)24(25(31)32)21(22)14-17-8-11-20(12-9-17)27(28,29)30/h3-13,23H,14-16H2,1-2H3,(H2,31,32). The van der Waals surface area contributed by atoms with Gasteiger partial charge in [0.15, 0.2) is 0 Å². The summed E-state index contributed by atoms with van der Waals surface area (Å²) in [7, 11) is -0.251. The zero-order valence-corrected chi connectivity index (χ0v) is 21.0. The highest BCUT2D eigenvalue weighted by molar-refractivity contribution is 7.85. The van der Waals surface area contributed by atoms with Crippen molar-refractivity contribution in [3.05, 3.63) is 100 Å². The average Bonchev–Trinajstić information content (AvgIpc) is 2.86. The van der Waals surface area contributed by atoms with Crippen molar-refractivity contribution in [2.75, 3.05) is 13.4 Å². The van der Waals surface area contributed by atoms with Gasteiger partial charge in [0.05, 0.1) is 12.7 Å². The highest BCUT2D eigenvalue weighted by Gasteiger charge is 2.31. The maximum absolute atomic E-state index is 12.9. The number of hydrogen-bond donors (Lipinski definition) is 1. The molecule has 2 N–H and O–H groups in total. The molecule has 0 saturated carbocycles. The van der Waals surface area contributed by atoms with Crippen LogP contribution in [0.5, 0.6) is 5.75 Å². The molecule has 3 rings (SSSR count). The third-order valence-electron chi connectivity index (χ3n) is 5.78. The van der Waals surface area contributed by atoms with Crippen LogP contribution >= 0.6 is 0 Å². The Labute approximate surface area is 215 Å². The molecule has 0 aliphatic heterocycles. The molecule has 10 heteroatoms. The summed E-state index contributed by atoms with van der Waals surface area (Å²) in [6.07, 6.45) is -3.16. The van der Waals surface area contributed by atoms with Gasteiger partial charge in [0.2, 0.25) is 5.91 Å². The molecule has 1 amide bonds. The van der Waals surface area contributed by atoms with Crippen molar-refractivity contribution in [3.8, 4) is 5.75 Å². The Bertz CT molecular complexity index is 1280. The third kappa shape index (κ3) is 7.19. The van der Waals surface area contributed by atoms with Crippen LogP contribution in [0.1, 0.15) is 38.2 Å². The quantitative estimate of drug-likeness (QED) is 0.389. The van der Waals surface area contributed by atoms with Gasteiger partial charge in [-0.3, -0.25) is 13.8 Å². The first-order valence-electron chi connectivity index (χ1n) is 11.2. The van der Waals surface area contributed by atoms with Crippen molar-refractivity contribution in [1.82, 2.24) is 0 Å². The second-order valence-corrected chi connectivity index (χ2v) is 9.87. The normalized spacial score (nSPS) is 13.0. The third-order valence-corrected chi connectivity index (χ3v) is 6.94. The lowest BCUT2D eigenvalue weighted by Gasteiger charge is -2.19. The number of benzene rings is 3. The molecule has 0 fully saturated rings. The number of rotatable bonds is 10. The van der Waals surface area contributed by atoms with Crippen LogP contribution in [-0.4, -0.2) is 34.7 Å². The van der Waals surface area contributed by atoms with Crippen LogP contribution in [0.15, 0.2) is 66.7 Å². The number of hydrogen-bond acceptors (Lipinski definition) is 5. The number of alkyl halides is 3. The van der Waals surface area contributed by atoms with Crippen LogP contribution in [0.2, 0.25) is 0 Å². The van der Waals surface area contributed by atoms with Crippen LogP contribution in [0.3, 0.4) is 0 Å². The number of nitrogens with two attached hydrogens (primary N) is 1. The molecular formula is C27H26F3NO5S. The first-order valence-corrected chi connectivity index (χ1v) is 12.8. The molecule has 3 aromatic rings. The highest BCUT2D eigenvalue weighted by Crippen LogP contribution is 2.32. The summed E-state index contributed by atoms with van der Waals surface area (Å²) in [5.74, 6) is -1.20. The Hall–Kier alpha value is -3.66. The molecule has 0 heterocycles. The average molecular weight is 534 g/mol. The zero-order valence-electron chi connectivity index (χ0n) is 20.2. The molecule has 196 valence electrons. The first kappa shape index (κ1) is 27.9. The lowest BCUT2D eigenvalue weighted by atomic mass is 9.92. The Balaban J connectivity index is 1.92. The smallest absolute Gasteiger partial charge is 0.416 e. The van der Waals surface area contributed by atoms with Gasteiger partial charge in [0.1, 0.15) is 17.6 Å². The van der Waals surface area contributed by atoms with Gasteiger partial charge in [0, 0.05) is 34.6 Å². The molecule has 2 unspecified atom stereocenters. The van der Waals surface area contributed by atoms with Gasteiger partial charge in [-0.2, -0.15) is 13.2 Å². The predicted molar refractivity (Wildman–Crippen MR) is 134 cm³/mol. The van der Waals surface area contributed by atoms with Gasteiger partial charge in [-0.25, -0.2) is 0 Å². The highest BCUT2D eigenvalue weighted by atomic mass is 32.2. The van der Waals surface area contributed by atoms with E-state index >= 15 is 0 Å².